The van der Waals surface area contributed by atoms with Crippen molar-refractivity contribution in [2.45, 2.75) is 46.6 Å². The van der Waals surface area contributed by atoms with Gasteiger partial charge in [0.1, 0.15) is 5.75 Å². The van der Waals surface area contributed by atoms with Gasteiger partial charge >= 0.3 is 0 Å². The predicted molar refractivity (Wildman–Crippen MR) is 119 cm³/mol. The summed E-state index contributed by atoms with van der Waals surface area (Å²) in [7, 11) is 0. The third-order valence-corrected chi connectivity index (χ3v) is 5.13. The van der Waals surface area contributed by atoms with Gasteiger partial charge in [-0.25, -0.2) is 0 Å². The van der Waals surface area contributed by atoms with Crippen molar-refractivity contribution < 1.29 is 9.53 Å². The number of para-hydroxylation sites is 1. The second-order valence-electron chi connectivity index (χ2n) is 7.90. The molecule has 29 heavy (non-hydrogen) atoms. The molecular weight excluding hydrogens is 360 g/mol. The summed E-state index contributed by atoms with van der Waals surface area (Å²) in [6.07, 6.45) is 4.65. The Morgan fingerprint density at radius 1 is 1.10 bits per heavy atom. The van der Waals surface area contributed by atoms with Gasteiger partial charge in [-0.2, -0.15) is 0 Å². The van der Waals surface area contributed by atoms with Gasteiger partial charge in [0.2, 0.25) is 5.91 Å². The van der Waals surface area contributed by atoms with Crippen LogP contribution in [0.4, 0.5) is 0 Å². The SMILES string of the molecule is CCOc1ccc(CC(=O)NCCc2cn(CCC(C)C)c3ccccc23)cc1. The third kappa shape index (κ3) is 5.86. The van der Waals surface area contributed by atoms with Crippen LogP contribution in [0.2, 0.25) is 0 Å². The molecule has 3 aromatic rings. The number of benzene rings is 2. The quantitative estimate of drug-likeness (QED) is 0.528. The van der Waals surface area contributed by atoms with Crippen LogP contribution in [-0.4, -0.2) is 23.6 Å². The molecule has 0 aliphatic rings. The highest BCUT2D eigenvalue weighted by Gasteiger charge is 2.09. The van der Waals surface area contributed by atoms with Crippen LogP contribution in [0.15, 0.2) is 54.7 Å². The van der Waals surface area contributed by atoms with E-state index in [4.69, 9.17) is 4.74 Å². The lowest BCUT2D eigenvalue weighted by atomic mass is 10.1. The minimum atomic E-state index is 0.0534. The molecule has 154 valence electrons. The molecule has 0 saturated heterocycles. The highest BCUT2D eigenvalue weighted by molar-refractivity contribution is 5.84. The van der Waals surface area contributed by atoms with E-state index in [2.05, 4.69) is 54.2 Å². The molecule has 0 spiro atoms. The average molecular weight is 393 g/mol. The second kappa shape index (κ2) is 10.1. The van der Waals surface area contributed by atoms with Crippen molar-refractivity contribution in [3.8, 4) is 5.75 Å². The van der Waals surface area contributed by atoms with Crippen molar-refractivity contribution in [3.63, 3.8) is 0 Å². The van der Waals surface area contributed by atoms with Crippen molar-refractivity contribution in [2.24, 2.45) is 5.92 Å². The summed E-state index contributed by atoms with van der Waals surface area (Å²) < 4.78 is 7.80. The molecule has 0 aliphatic carbocycles. The first kappa shape index (κ1) is 21.0. The summed E-state index contributed by atoms with van der Waals surface area (Å²) in [5.74, 6) is 1.57. The first-order valence-corrected chi connectivity index (χ1v) is 10.6. The van der Waals surface area contributed by atoms with Crippen LogP contribution in [0.5, 0.6) is 5.75 Å². The Kier molecular flexibility index (Phi) is 7.34. The average Bonchev–Trinajstić information content (AvgIpc) is 3.06. The van der Waals surface area contributed by atoms with Crippen LogP contribution in [0, 0.1) is 5.92 Å². The van der Waals surface area contributed by atoms with Crippen LogP contribution in [0.1, 0.15) is 38.3 Å². The molecule has 1 N–H and O–H groups in total. The van der Waals surface area contributed by atoms with Gasteiger partial charge in [-0.15, -0.1) is 0 Å². The lowest BCUT2D eigenvalue weighted by Gasteiger charge is -2.07. The minimum Gasteiger partial charge on any atom is -0.494 e. The van der Waals surface area contributed by atoms with Crippen LogP contribution in [0.25, 0.3) is 10.9 Å². The van der Waals surface area contributed by atoms with Gasteiger partial charge in [-0.05, 0) is 55.0 Å². The molecule has 0 bridgehead atoms. The maximum absolute atomic E-state index is 12.3. The maximum Gasteiger partial charge on any atom is 0.224 e. The summed E-state index contributed by atoms with van der Waals surface area (Å²) >= 11 is 0. The number of aromatic nitrogens is 1. The fraction of sp³-hybridized carbons (Fsp3) is 0.400. The van der Waals surface area contributed by atoms with Gasteiger partial charge in [0, 0.05) is 30.2 Å². The van der Waals surface area contributed by atoms with Crippen LogP contribution >= 0.6 is 0 Å². The van der Waals surface area contributed by atoms with Gasteiger partial charge < -0.3 is 14.6 Å². The number of ether oxygens (including phenoxy) is 1. The Bertz CT molecular complexity index is 926. The van der Waals surface area contributed by atoms with E-state index in [1.54, 1.807) is 0 Å². The molecule has 4 heteroatoms. The zero-order valence-corrected chi connectivity index (χ0v) is 17.8. The monoisotopic (exact) mass is 392 g/mol. The fourth-order valence-electron chi connectivity index (χ4n) is 3.56. The van der Waals surface area contributed by atoms with E-state index >= 15 is 0 Å². The van der Waals surface area contributed by atoms with Crippen LogP contribution in [-0.2, 0) is 24.2 Å². The molecule has 0 unspecified atom stereocenters. The van der Waals surface area contributed by atoms with E-state index in [1.165, 1.54) is 16.5 Å². The third-order valence-electron chi connectivity index (χ3n) is 5.13. The van der Waals surface area contributed by atoms with Gasteiger partial charge in [-0.3, -0.25) is 4.79 Å². The smallest absolute Gasteiger partial charge is 0.224 e. The maximum atomic E-state index is 12.3. The number of amides is 1. The van der Waals surface area contributed by atoms with Gasteiger partial charge in [0.05, 0.1) is 13.0 Å². The topological polar surface area (TPSA) is 43.3 Å². The number of aryl methyl sites for hydroxylation is 1. The zero-order valence-electron chi connectivity index (χ0n) is 17.8. The van der Waals surface area contributed by atoms with E-state index < -0.39 is 0 Å². The van der Waals surface area contributed by atoms with Gasteiger partial charge in [0.25, 0.3) is 0 Å². The number of carbonyl (C=O) groups is 1. The molecular formula is C25H32N2O2. The normalized spacial score (nSPS) is 11.2. The summed E-state index contributed by atoms with van der Waals surface area (Å²) in [4.78, 5) is 12.3. The van der Waals surface area contributed by atoms with Crippen LogP contribution in [0.3, 0.4) is 0 Å². The number of carbonyl (C=O) groups excluding carboxylic acids is 1. The number of hydrogen-bond acceptors (Lipinski definition) is 2. The number of fused-ring (bicyclic) bond motifs is 1. The lowest BCUT2D eigenvalue weighted by molar-refractivity contribution is -0.120. The highest BCUT2D eigenvalue weighted by atomic mass is 16.5. The molecule has 4 nitrogen and oxygen atoms in total. The molecule has 1 heterocycles. The predicted octanol–water partition coefficient (Wildman–Crippen LogP) is 4.99. The highest BCUT2D eigenvalue weighted by Crippen LogP contribution is 2.22. The number of rotatable bonds is 10. The summed E-state index contributed by atoms with van der Waals surface area (Å²) in [6, 6.07) is 16.3. The molecule has 0 fully saturated rings. The van der Waals surface area contributed by atoms with Crippen molar-refractivity contribution in [1.29, 1.82) is 0 Å². The van der Waals surface area contributed by atoms with E-state index in [1.807, 2.05) is 31.2 Å². The van der Waals surface area contributed by atoms with E-state index in [0.29, 0.717) is 25.5 Å². The molecule has 2 aromatic carbocycles. The van der Waals surface area contributed by atoms with E-state index in [9.17, 15) is 4.79 Å². The molecule has 3 rings (SSSR count). The fourth-order valence-corrected chi connectivity index (χ4v) is 3.56. The molecule has 0 atom stereocenters. The Hall–Kier alpha value is -2.75. The van der Waals surface area contributed by atoms with Crippen molar-refractivity contribution in [2.75, 3.05) is 13.2 Å². The number of nitrogens with zero attached hydrogens (tertiary/aromatic N) is 1. The zero-order chi connectivity index (χ0) is 20.6. The van der Waals surface area contributed by atoms with Crippen LogP contribution < -0.4 is 10.1 Å². The Morgan fingerprint density at radius 2 is 1.86 bits per heavy atom. The van der Waals surface area contributed by atoms with E-state index in [0.717, 1.165) is 30.7 Å². The molecule has 0 radical (unpaired) electrons. The number of nitrogens with one attached hydrogen (secondary N) is 1. The largest absolute Gasteiger partial charge is 0.494 e. The van der Waals surface area contributed by atoms with E-state index in [-0.39, 0.29) is 5.91 Å². The van der Waals surface area contributed by atoms with Gasteiger partial charge in [0.15, 0.2) is 0 Å². The molecule has 0 saturated carbocycles. The standard InChI is InChI=1S/C25H32N2O2/c1-4-29-22-11-9-20(10-12-22)17-25(28)26-15-13-21-18-27(16-14-19(2)3)24-8-6-5-7-23(21)24/h5-12,18-19H,4,13-17H2,1-3H3,(H,26,28). The Morgan fingerprint density at radius 3 is 2.59 bits per heavy atom. The van der Waals surface area contributed by atoms with Gasteiger partial charge in [-0.1, -0.05) is 44.2 Å². The summed E-state index contributed by atoms with van der Waals surface area (Å²) in [5, 5.41) is 4.35. The Labute approximate surface area is 173 Å². The summed E-state index contributed by atoms with van der Waals surface area (Å²) in [6.45, 7) is 8.80. The molecule has 1 amide bonds. The second-order valence-corrected chi connectivity index (χ2v) is 7.90. The van der Waals surface area contributed by atoms with Crippen molar-refractivity contribution in [1.82, 2.24) is 9.88 Å². The first-order chi connectivity index (χ1) is 14.1. The Balaban J connectivity index is 1.55. The molecule has 1 aromatic heterocycles. The minimum absolute atomic E-state index is 0.0534. The summed E-state index contributed by atoms with van der Waals surface area (Å²) in [5.41, 5.74) is 3.57. The first-order valence-electron chi connectivity index (χ1n) is 10.6. The van der Waals surface area contributed by atoms with Crippen molar-refractivity contribution >= 4 is 16.8 Å². The lowest BCUT2D eigenvalue weighted by Crippen LogP contribution is -2.27. The van der Waals surface area contributed by atoms with Crippen molar-refractivity contribution in [3.05, 3.63) is 65.9 Å². The molecule has 0 aliphatic heterocycles. The number of hydrogen-bond donors (Lipinski definition) is 1.